The summed E-state index contributed by atoms with van der Waals surface area (Å²) < 4.78 is 41.2. The zero-order valence-electron chi connectivity index (χ0n) is 19.9. The SMILES string of the molecule is NC(=O)c1c(-c2ccc(Cl)cc2)nn2cc(CN(Cc3ccc(B(O)O)c(F)c3)S(=O)[O-])c(C3CC3)cc12. The normalized spacial score (nSPS) is 14.3. The number of fused-ring (bicyclic) bond motifs is 1. The lowest BCUT2D eigenvalue weighted by atomic mass is 9.79. The molecule has 0 aliphatic heterocycles. The van der Waals surface area contributed by atoms with E-state index in [1.165, 1.54) is 16.6 Å². The van der Waals surface area contributed by atoms with Crippen LogP contribution in [0.1, 0.15) is 45.8 Å². The Balaban J connectivity index is 1.54. The molecule has 196 valence electrons. The van der Waals surface area contributed by atoms with Gasteiger partial charge in [-0.25, -0.2) is 13.2 Å². The Morgan fingerprint density at radius 1 is 1.21 bits per heavy atom. The number of nitrogens with zero attached hydrogens (tertiary/aromatic N) is 3. The molecule has 1 unspecified atom stereocenters. The second kappa shape index (κ2) is 10.6. The molecule has 4 aromatic rings. The lowest BCUT2D eigenvalue weighted by Crippen LogP contribution is -2.33. The number of hydrogen-bond donors (Lipinski definition) is 3. The van der Waals surface area contributed by atoms with E-state index in [1.54, 1.807) is 30.5 Å². The van der Waals surface area contributed by atoms with Gasteiger partial charge in [0.15, 0.2) is 0 Å². The van der Waals surface area contributed by atoms with Crippen LogP contribution in [0.4, 0.5) is 4.39 Å². The number of hydrogen-bond acceptors (Lipinski definition) is 6. The van der Waals surface area contributed by atoms with E-state index >= 15 is 0 Å². The van der Waals surface area contributed by atoms with Crippen molar-refractivity contribution in [2.24, 2.45) is 5.73 Å². The number of carbonyl (C=O) groups is 1. The second-order valence-corrected chi connectivity index (χ2v) is 10.6. The Morgan fingerprint density at radius 3 is 2.50 bits per heavy atom. The summed E-state index contributed by atoms with van der Waals surface area (Å²) in [4.78, 5) is 12.5. The summed E-state index contributed by atoms with van der Waals surface area (Å²) in [6, 6.07) is 12.4. The van der Waals surface area contributed by atoms with Crippen LogP contribution in [0.3, 0.4) is 0 Å². The van der Waals surface area contributed by atoms with Crippen LogP contribution in [0, 0.1) is 5.82 Å². The molecule has 9 nitrogen and oxygen atoms in total. The zero-order valence-corrected chi connectivity index (χ0v) is 21.5. The lowest BCUT2D eigenvalue weighted by Gasteiger charge is -2.25. The predicted molar refractivity (Wildman–Crippen MR) is 141 cm³/mol. The molecule has 0 spiro atoms. The molecular formula is C25H22BClFN4O5S-. The van der Waals surface area contributed by atoms with Gasteiger partial charge in [0.2, 0.25) is 0 Å². The monoisotopic (exact) mass is 555 g/mol. The standard InChI is InChI=1S/C25H23BClFN4O5S/c27-18-6-4-16(5-7-18)24-23(25(29)33)22-10-19(15-2-3-15)17(13-32(22)30-24)12-31(38(36)37)11-14-1-8-20(26(34)35)21(28)9-14/h1,4-10,13,15,34-35H,2-3,11-12H2,(H2,29,33)(H,36,37)/p-1. The summed E-state index contributed by atoms with van der Waals surface area (Å²) in [7, 11) is -1.97. The Hall–Kier alpha value is -3.13. The van der Waals surface area contributed by atoms with Crippen LogP contribution in [0.2, 0.25) is 5.02 Å². The van der Waals surface area contributed by atoms with Crippen LogP contribution in [-0.4, -0.2) is 45.8 Å². The van der Waals surface area contributed by atoms with Crippen molar-refractivity contribution >= 4 is 46.9 Å². The van der Waals surface area contributed by atoms with Gasteiger partial charge < -0.3 is 20.3 Å². The van der Waals surface area contributed by atoms with Gasteiger partial charge >= 0.3 is 7.12 Å². The minimum Gasteiger partial charge on any atom is -0.760 e. The number of pyridine rings is 1. The molecule has 1 fully saturated rings. The number of primary amides is 1. The quantitative estimate of drug-likeness (QED) is 0.213. The van der Waals surface area contributed by atoms with Crippen molar-refractivity contribution in [2.75, 3.05) is 0 Å². The third-order valence-corrected chi connectivity index (χ3v) is 7.46. The largest absolute Gasteiger partial charge is 0.760 e. The topological polar surface area (TPSA) is 144 Å². The molecule has 1 amide bonds. The molecule has 0 saturated heterocycles. The fourth-order valence-corrected chi connectivity index (χ4v) is 5.16. The Kier molecular flexibility index (Phi) is 7.36. The summed E-state index contributed by atoms with van der Waals surface area (Å²) in [5, 5.41) is 23.6. The van der Waals surface area contributed by atoms with Gasteiger partial charge in [0.05, 0.1) is 11.1 Å². The fourth-order valence-electron chi connectivity index (χ4n) is 4.54. The number of nitrogens with two attached hydrogens (primary N) is 1. The summed E-state index contributed by atoms with van der Waals surface area (Å²) in [6.07, 6.45) is 3.54. The molecule has 2 heterocycles. The summed E-state index contributed by atoms with van der Waals surface area (Å²) in [5.41, 5.74) is 9.18. The van der Waals surface area contributed by atoms with Gasteiger partial charge in [-0.05, 0) is 59.7 Å². The minimum atomic E-state index is -2.65. The summed E-state index contributed by atoms with van der Waals surface area (Å²) in [6.45, 7) is -0.162. The smallest absolute Gasteiger partial charge is 0.491 e. The van der Waals surface area contributed by atoms with E-state index in [0.717, 1.165) is 28.8 Å². The Labute approximate surface area is 225 Å². The molecular weight excluding hydrogens is 534 g/mol. The molecule has 1 aliphatic carbocycles. The number of halogens is 2. The summed E-state index contributed by atoms with van der Waals surface area (Å²) in [5.74, 6) is -1.28. The maximum absolute atomic E-state index is 14.3. The van der Waals surface area contributed by atoms with Crippen molar-refractivity contribution < 1.29 is 28.0 Å². The summed E-state index contributed by atoms with van der Waals surface area (Å²) >= 11 is 3.36. The van der Waals surface area contributed by atoms with Gasteiger partial charge in [-0.1, -0.05) is 35.9 Å². The first-order valence-corrected chi connectivity index (χ1v) is 13.1. The third kappa shape index (κ3) is 5.37. The van der Waals surface area contributed by atoms with E-state index in [1.807, 2.05) is 6.07 Å². The first-order valence-electron chi connectivity index (χ1n) is 11.7. The fraction of sp³-hybridized carbons (Fsp3) is 0.200. The molecule has 0 bridgehead atoms. The van der Waals surface area contributed by atoms with Crippen molar-refractivity contribution in [3.8, 4) is 11.3 Å². The highest BCUT2D eigenvalue weighted by molar-refractivity contribution is 7.76. The lowest BCUT2D eigenvalue weighted by molar-refractivity contribution is 0.100. The van der Waals surface area contributed by atoms with Crippen LogP contribution in [0.5, 0.6) is 0 Å². The van der Waals surface area contributed by atoms with Crippen molar-refractivity contribution in [3.05, 3.63) is 87.8 Å². The molecule has 1 atom stereocenters. The van der Waals surface area contributed by atoms with Crippen molar-refractivity contribution in [2.45, 2.75) is 31.8 Å². The zero-order chi connectivity index (χ0) is 27.1. The molecule has 2 aromatic heterocycles. The number of carbonyl (C=O) groups excluding carboxylic acids is 1. The van der Waals surface area contributed by atoms with E-state index in [2.05, 4.69) is 5.10 Å². The van der Waals surface area contributed by atoms with E-state index in [9.17, 15) is 28.0 Å². The van der Waals surface area contributed by atoms with Crippen molar-refractivity contribution in [1.29, 1.82) is 0 Å². The highest BCUT2D eigenvalue weighted by Crippen LogP contribution is 2.43. The molecule has 0 radical (unpaired) electrons. The Bertz CT molecular complexity index is 1560. The minimum absolute atomic E-state index is 0.0219. The van der Waals surface area contributed by atoms with E-state index < -0.39 is 30.1 Å². The van der Waals surface area contributed by atoms with Gasteiger partial charge in [0.25, 0.3) is 5.91 Å². The predicted octanol–water partition coefficient (Wildman–Crippen LogP) is 2.25. The molecule has 1 saturated carbocycles. The maximum Gasteiger partial charge on any atom is 0.491 e. The molecule has 4 N–H and O–H groups in total. The average molecular weight is 556 g/mol. The van der Waals surface area contributed by atoms with Gasteiger partial charge in [0.1, 0.15) is 11.5 Å². The van der Waals surface area contributed by atoms with E-state index in [-0.39, 0.29) is 30.0 Å². The molecule has 5 rings (SSSR count). The first kappa shape index (κ1) is 26.5. The Morgan fingerprint density at radius 2 is 1.92 bits per heavy atom. The van der Waals surface area contributed by atoms with E-state index in [4.69, 9.17) is 17.3 Å². The molecule has 1 aliphatic rings. The molecule has 2 aromatic carbocycles. The van der Waals surface area contributed by atoms with Crippen LogP contribution in [0.15, 0.2) is 54.7 Å². The van der Waals surface area contributed by atoms with Crippen LogP contribution in [0.25, 0.3) is 16.8 Å². The number of benzene rings is 2. The van der Waals surface area contributed by atoms with Crippen molar-refractivity contribution in [1.82, 2.24) is 13.9 Å². The number of amides is 1. The van der Waals surface area contributed by atoms with Gasteiger partial charge in [-0.3, -0.25) is 9.00 Å². The number of rotatable bonds is 9. The van der Waals surface area contributed by atoms with Crippen LogP contribution in [-0.2, 0) is 24.4 Å². The highest BCUT2D eigenvalue weighted by Gasteiger charge is 2.29. The highest BCUT2D eigenvalue weighted by atomic mass is 35.5. The first-order chi connectivity index (χ1) is 18.1. The molecule has 38 heavy (non-hydrogen) atoms. The number of aromatic nitrogens is 2. The van der Waals surface area contributed by atoms with Gasteiger partial charge in [0, 0.05) is 46.6 Å². The average Bonchev–Trinajstić information content (AvgIpc) is 3.63. The van der Waals surface area contributed by atoms with E-state index in [0.29, 0.717) is 32.9 Å². The second-order valence-electron chi connectivity index (χ2n) is 9.20. The van der Waals surface area contributed by atoms with Crippen LogP contribution >= 0.6 is 11.6 Å². The van der Waals surface area contributed by atoms with Crippen LogP contribution < -0.4 is 11.2 Å². The third-order valence-electron chi connectivity index (χ3n) is 6.53. The molecule has 13 heteroatoms. The maximum atomic E-state index is 14.3. The van der Waals surface area contributed by atoms with Gasteiger partial charge in [-0.2, -0.15) is 5.10 Å². The van der Waals surface area contributed by atoms with Gasteiger partial charge in [-0.15, -0.1) is 0 Å². The van der Waals surface area contributed by atoms with Crippen molar-refractivity contribution in [3.63, 3.8) is 0 Å².